The van der Waals surface area contributed by atoms with E-state index < -0.39 is 11.4 Å². The van der Waals surface area contributed by atoms with E-state index in [2.05, 4.69) is 44.1 Å². The standard InChI is InChI=1S/C38H37FN6O3/c1-48-27-12-14-44(15-13-27)20-22-5-7-24(8-6-22)32-19-29-35(42-38(40)43-36(29)41-32)28-3-2-4-33(30(28)21-46)45-16-11-25-17-26(23-9-10-23)18-31(39)34(25)37(45)47/h2-8,11,16-19,23,27,46H,9-10,12-15,20-21H2,1H3,(H3,40,41,42,43). The van der Waals surface area contributed by atoms with Crippen LogP contribution < -0.4 is 11.3 Å². The smallest absolute Gasteiger partial charge is 0.265 e. The predicted molar refractivity (Wildman–Crippen MR) is 185 cm³/mol. The quantitative estimate of drug-likeness (QED) is 0.178. The monoisotopic (exact) mass is 644 g/mol. The van der Waals surface area contributed by atoms with Crippen LogP contribution in [0.15, 0.2) is 77.7 Å². The number of piperidine rings is 1. The number of nitrogens with one attached hydrogen (secondary N) is 1. The number of halogens is 1. The van der Waals surface area contributed by atoms with Crippen molar-refractivity contribution in [2.45, 2.75) is 50.9 Å². The molecule has 1 aliphatic carbocycles. The van der Waals surface area contributed by atoms with E-state index in [-0.39, 0.29) is 17.9 Å². The van der Waals surface area contributed by atoms with Crippen LogP contribution in [0.4, 0.5) is 10.3 Å². The Hall–Kier alpha value is -4.90. The van der Waals surface area contributed by atoms with Gasteiger partial charge in [-0.2, -0.15) is 4.98 Å². The highest BCUT2D eigenvalue weighted by Gasteiger charge is 2.26. The second kappa shape index (κ2) is 12.3. The lowest BCUT2D eigenvalue weighted by Gasteiger charge is -2.31. The maximum atomic E-state index is 15.3. The number of aliphatic hydroxyl groups is 1. The Bertz CT molecular complexity index is 2220. The molecule has 1 aliphatic heterocycles. The molecule has 1 saturated carbocycles. The lowest BCUT2D eigenvalue weighted by molar-refractivity contribution is 0.0389. The zero-order valence-electron chi connectivity index (χ0n) is 26.7. The maximum absolute atomic E-state index is 15.3. The van der Waals surface area contributed by atoms with E-state index in [9.17, 15) is 9.90 Å². The number of aromatic amines is 1. The molecule has 2 fully saturated rings. The van der Waals surface area contributed by atoms with Crippen molar-refractivity contribution in [2.24, 2.45) is 0 Å². The minimum absolute atomic E-state index is 0.0295. The van der Waals surface area contributed by atoms with Crippen LogP contribution in [0.1, 0.15) is 48.3 Å². The fourth-order valence-electron chi connectivity index (χ4n) is 7.12. The molecular formula is C38H37FN6O3. The Kier molecular flexibility index (Phi) is 7.79. The fourth-order valence-corrected chi connectivity index (χ4v) is 7.12. The molecule has 0 unspecified atom stereocenters. The topological polar surface area (TPSA) is 122 Å². The molecule has 0 atom stereocenters. The van der Waals surface area contributed by atoms with Crippen LogP contribution in [-0.2, 0) is 17.9 Å². The number of rotatable bonds is 8. The Balaban J connectivity index is 1.15. The average Bonchev–Trinajstić information content (AvgIpc) is 3.87. The molecule has 0 amide bonds. The zero-order valence-corrected chi connectivity index (χ0v) is 26.7. The molecule has 10 heteroatoms. The summed E-state index contributed by atoms with van der Waals surface area (Å²) in [6.07, 6.45) is 6.18. The molecule has 0 radical (unpaired) electrons. The third-order valence-corrected chi connectivity index (χ3v) is 9.90. The first kappa shape index (κ1) is 30.4. The van der Waals surface area contributed by atoms with Gasteiger partial charge in [0.05, 0.1) is 29.5 Å². The van der Waals surface area contributed by atoms with Crippen molar-refractivity contribution in [1.82, 2.24) is 24.4 Å². The van der Waals surface area contributed by atoms with Crippen molar-refractivity contribution in [3.8, 4) is 28.2 Å². The third-order valence-electron chi connectivity index (χ3n) is 9.90. The third kappa shape index (κ3) is 5.55. The van der Waals surface area contributed by atoms with Crippen LogP contribution >= 0.6 is 0 Å². The van der Waals surface area contributed by atoms with Gasteiger partial charge in [0.2, 0.25) is 5.95 Å². The Morgan fingerprint density at radius 1 is 1.02 bits per heavy atom. The van der Waals surface area contributed by atoms with Gasteiger partial charge in [-0.25, -0.2) is 9.37 Å². The van der Waals surface area contributed by atoms with Gasteiger partial charge in [0.25, 0.3) is 5.56 Å². The largest absolute Gasteiger partial charge is 0.392 e. The van der Waals surface area contributed by atoms with E-state index in [1.807, 2.05) is 18.2 Å². The number of hydrogen-bond donors (Lipinski definition) is 3. The van der Waals surface area contributed by atoms with Crippen molar-refractivity contribution >= 4 is 27.8 Å². The Morgan fingerprint density at radius 3 is 2.54 bits per heavy atom. The number of H-pyrrole nitrogens is 1. The van der Waals surface area contributed by atoms with Crippen molar-refractivity contribution in [2.75, 3.05) is 25.9 Å². The summed E-state index contributed by atoms with van der Waals surface area (Å²) in [5, 5.41) is 12.0. The number of aromatic nitrogens is 4. The van der Waals surface area contributed by atoms with E-state index >= 15 is 4.39 Å². The van der Waals surface area contributed by atoms with Gasteiger partial charge in [-0.1, -0.05) is 42.5 Å². The van der Waals surface area contributed by atoms with Gasteiger partial charge in [0.15, 0.2) is 0 Å². The van der Waals surface area contributed by atoms with Gasteiger partial charge in [-0.3, -0.25) is 14.3 Å². The molecular weight excluding hydrogens is 607 g/mol. The summed E-state index contributed by atoms with van der Waals surface area (Å²) in [6.45, 7) is 2.56. The molecule has 4 N–H and O–H groups in total. The predicted octanol–water partition coefficient (Wildman–Crippen LogP) is 6.30. The second-order valence-corrected chi connectivity index (χ2v) is 13.0. The molecule has 6 aromatic rings. The number of pyridine rings is 1. The van der Waals surface area contributed by atoms with E-state index in [4.69, 9.17) is 10.5 Å². The van der Waals surface area contributed by atoms with Gasteiger partial charge in [0, 0.05) is 55.1 Å². The van der Waals surface area contributed by atoms with E-state index in [1.165, 1.54) is 16.2 Å². The molecule has 4 heterocycles. The number of ether oxygens (including phenoxy) is 1. The number of nitrogens with two attached hydrogens (primary N) is 1. The number of nitrogens with zero attached hydrogens (tertiary/aromatic N) is 4. The summed E-state index contributed by atoms with van der Waals surface area (Å²) in [4.78, 5) is 28.7. The molecule has 48 heavy (non-hydrogen) atoms. The first-order chi connectivity index (χ1) is 23.4. The number of fused-ring (bicyclic) bond motifs is 2. The van der Waals surface area contributed by atoms with Crippen LogP contribution in [0.25, 0.3) is 50.0 Å². The fraction of sp³-hybridized carbons (Fsp3) is 0.289. The average molecular weight is 645 g/mol. The van der Waals surface area contributed by atoms with Crippen molar-refractivity contribution in [3.63, 3.8) is 0 Å². The summed E-state index contributed by atoms with van der Waals surface area (Å²) in [5.74, 6) is -0.0893. The molecule has 9 nitrogen and oxygen atoms in total. The molecule has 3 aromatic carbocycles. The molecule has 8 rings (SSSR count). The van der Waals surface area contributed by atoms with Crippen LogP contribution in [0, 0.1) is 5.82 Å². The summed E-state index contributed by atoms with van der Waals surface area (Å²) < 4.78 is 22.2. The first-order valence-electron chi connectivity index (χ1n) is 16.5. The molecule has 3 aromatic heterocycles. The number of aliphatic hydroxyl groups excluding tert-OH is 1. The minimum Gasteiger partial charge on any atom is -0.392 e. The van der Waals surface area contributed by atoms with E-state index in [0.717, 1.165) is 67.5 Å². The minimum atomic E-state index is -0.527. The lowest BCUT2D eigenvalue weighted by Crippen LogP contribution is -2.36. The van der Waals surface area contributed by atoms with Crippen LogP contribution in [0.5, 0.6) is 0 Å². The lowest BCUT2D eigenvalue weighted by atomic mass is 9.99. The number of anilines is 1. The second-order valence-electron chi connectivity index (χ2n) is 13.0. The highest BCUT2D eigenvalue weighted by Crippen LogP contribution is 2.41. The SMILES string of the molecule is COC1CCN(Cc2ccc(-c3cc4c(-c5cccc(-n6ccc7cc(C8CC8)cc(F)c7c6=O)c5CO)nc(N)nc4[nH]3)cc2)CC1. The first-order valence-corrected chi connectivity index (χ1v) is 16.5. The summed E-state index contributed by atoms with van der Waals surface area (Å²) in [5.41, 5.74) is 12.3. The van der Waals surface area contributed by atoms with Crippen molar-refractivity contribution in [1.29, 1.82) is 0 Å². The normalized spacial score (nSPS) is 15.9. The number of benzene rings is 3. The summed E-state index contributed by atoms with van der Waals surface area (Å²) in [7, 11) is 1.79. The van der Waals surface area contributed by atoms with Crippen LogP contribution in [-0.4, -0.2) is 55.8 Å². The van der Waals surface area contributed by atoms with Gasteiger partial charge in [-0.15, -0.1) is 0 Å². The highest BCUT2D eigenvalue weighted by molar-refractivity contribution is 5.96. The van der Waals surface area contributed by atoms with E-state index in [1.54, 1.807) is 31.5 Å². The highest BCUT2D eigenvalue weighted by atomic mass is 19.1. The number of likely N-dealkylation sites (tertiary alicyclic amines) is 1. The number of hydrogen-bond acceptors (Lipinski definition) is 7. The Labute approximate surface area is 276 Å². The van der Waals surface area contributed by atoms with Gasteiger partial charge < -0.3 is 20.6 Å². The van der Waals surface area contributed by atoms with Gasteiger partial charge >= 0.3 is 0 Å². The molecule has 0 bridgehead atoms. The molecule has 0 spiro atoms. The molecule has 2 aliphatic rings. The van der Waals surface area contributed by atoms with Gasteiger partial charge in [-0.05, 0) is 77.9 Å². The van der Waals surface area contributed by atoms with Crippen molar-refractivity contribution in [3.05, 3.63) is 106 Å². The maximum Gasteiger partial charge on any atom is 0.265 e. The van der Waals surface area contributed by atoms with Crippen LogP contribution in [0.2, 0.25) is 0 Å². The van der Waals surface area contributed by atoms with Crippen LogP contribution in [0.3, 0.4) is 0 Å². The van der Waals surface area contributed by atoms with Gasteiger partial charge in [0.1, 0.15) is 11.5 Å². The summed E-state index contributed by atoms with van der Waals surface area (Å²) in [6, 6.07) is 21.0. The number of methoxy groups -OCH3 is 1. The number of nitrogen functional groups attached to an aromatic ring is 1. The zero-order chi connectivity index (χ0) is 32.9. The Morgan fingerprint density at radius 2 is 1.81 bits per heavy atom. The summed E-state index contributed by atoms with van der Waals surface area (Å²) >= 11 is 0. The van der Waals surface area contributed by atoms with E-state index in [0.29, 0.717) is 45.6 Å². The van der Waals surface area contributed by atoms with Crippen molar-refractivity contribution < 1.29 is 14.2 Å². The molecule has 1 saturated heterocycles. The molecule has 244 valence electrons.